The molecular formula is C14H17F4NO8. The average Bonchev–Trinajstić information content (AvgIpc) is 2.49. The van der Waals surface area contributed by atoms with E-state index in [-0.39, 0.29) is 0 Å². The van der Waals surface area contributed by atoms with Crippen LogP contribution in [0.4, 0.5) is 17.6 Å². The van der Waals surface area contributed by atoms with E-state index in [1.807, 2.05) is 0 Å². The summed E-state index contributed by atoms with van der Waals surface area (Å²) in [6.45, 7) is 2.17. The smallest absolute Gasteiger partial charge is 0.463 e. The highest BCUT2D eigenvalue weighted by molar-refractivity contribution is 5.82. The number of hydrogen-bond acceptors (Lipinski definition) is 8. The molecule has 5 atom stereocenters. The van der Waals surface area contributed by atoms with E-state index in [0.717, 1.165) is 20.8 Å². The Balaban J connectivity index is 3.18. The molecule has 1 aliphatic rings. The van der Waals surface area contributed by atoms with E-state index < -0.39 is 67.3 Å². The minimum Gasteiger partial charge on any atom is -0.463 e. The summed E-state index contributed by atoms with van der Waals surface area (Å²) < 4.78 is 70.8. The zero-order chi connectivity index (χ0) is 20.9. The number of esters is 3. The summed E-state index contributed by atoms with van der Waals surface area (Å²) in [4.78, 5) is 44.7. The molecule has 27 heavy (non-hydrogen) atoms. The van der Waals surface area contributed by atoms with Crippen LogP contribution in [0.25, 0.3) is 0 Å². The van der Waals surface area contributed by atoms with E-state index in [4.69, 9.17) is 14.2 Å². The zero-order valence-corrected chi connectivity index (χ0v) is 14.4. The highest BCUT2D eigenvalue weighted by atomic mass is 19.4. The van der Waals surface area contributed by atoms with Gasteiger partial charge in [0.05, 0.1) is 0 Å². The maximum absolute atomic E-state index is 14.3. The Hall–Kier alpha value is -2.44. The van der Waals surface area contributed by atoms with Gasteiger partial charge in [-0.3, -0.25) is 19.2 Å². The van der Waals surface area contributed by atoms with Crippen molar-refractivity contribution in [1.82, 2.24) is 5.32 Å². The molecule has 0 unspecified atom stereocenters. The number of ether oxygens (including phenoxy) is 4. The summed E-state index contributed by atoms with van der Waals surface area (Å²) in [5.74, 6) is -5.33. The largest absolute Gasteiger partial charge is 0.471 e. The fourth-order valence-electron chi connectivity index (χ4n) is 2.28. The maximum atomic E-state index is 14.3. The molecule has 1 aliphatic heterocycles. The first-order valence-electron chi connectivity index (χ1n) is 7.48. The molecule has 0 saturated carbocycles. The van der Waals surface area contributed by atoms with Gasteiger partial charge < -0.3 is 24.3 Å². The van der Waals surface area contributed by atoms with Crippen molar-refractivity contribution in [3.8, 4) is 0 Å². The molecule has 0 bridgehead atoms. The van der Waals surface area contributed by atoms with Crippen molar-refractivity contribution >= 4 is 23.8 Å². The highest BCUT2D eigenvalue weighted by Gasteiger charge is 2.53. The van der Waals surface area contributed by atoms with Crippen molar-refractivity contribution in [2.75, 3.05) is 6.61 Å². The fraction of sp³-hybridized carbons (Fsp3) is 0.714. The Morgan fingerprint density at radius 2 is 1.48 bits per heavy atom. The van der Waals surface area contributed by atoms with Crippen LogP contribution in [0.5, 0.6) is 0 Å². The summed E-state index contributed by atoms with van der Waals surface area (Å²) in [5.41, 5.74) is 0. The monoisotopic (exact) mass is 403 g/mol. The standard InChI is InChI=1S/C14H17F4NO8/c1-5(20)24-4-8-10(25-6(2)21)11(26-7(3)22)9(12(15)27-8)19-13(23)14(16,17)18/h8-12H,4H2,1-3H3,(H,19,23)/t8-,9+,10-,11-,12-/m0/s1. The molecule has 1 saturated heterocycles. The number of carbonyl (C=O) groups excluding carboxylic acids is 4. The van der Waals surface area contributed by atoms with Crippen LogP contribution >= 0.6 is 0 Å². The zero-order valence-electron chi connectivity index (χ0n) is 14.4. The summed E-state index contributed by atoms with van der Waals surface area (Å²) in [6.07, 6.45) is -13.0. The number of hydrogen-bond donors (Lipinski definition) is 1. The molecule has 9 nitrogen and oxygen atoms in total. The summed E-state index contributed by atoms with van der Waals surface area (Å²) >= 11 is 0. The molecule has 0 radical (unpaired) electrons. The van der Waals surface area contributed by atoms with Crippen LogP contribution in [0.1, 0.15) is 20.8 Å². The number of amides is 1. The molecule has 1 heterocycles. The van der Waals surface area contributed by atoms with Crippen molar-refractivity contribution in [1.29, 1.82) is 0 Å². The first-order chi connectivity index (χ1) is 12.3. The molecule has 1 N–H and O–H groups in total. The number of rotatable bonds is 5. The topological polar surface area (TPSA) is 117 Å². The summed E-state index contributed by atoms with van der Waals surface area (Å²) in [7, 11) is 0. The van der Waals surface area contributed by atoms with Crippen LogP contribution < -0.4 is 5.32 Å². The second kappa shape index (κ2) is 8.97. The first kappa shape index (κ1) is 22.6. The van der Waals surface area contributed by atoms with E-state index >= 15 is 0 Å². The third-order valence-corrected chi connectivity index (χ3v) is 3.24. The van der Waals surface area contributed by atoms with Crippen molar-refractivity contribution in [2.24, 2.45) is 0 Å². The van der Waals surface area contributed by atoms with Gasteiger partial charge in [-0.15, -0.1) is 0 Å². The van der Waals surface area contributed by atoms with Crippen LogP contribution in [-0.2, 0) is 38.1 Å². The predicted octanol–water partition coefficient (Wildman–Crippen LogP) is 0.154. The van der Waals surface area contributed by atoms with Crippen molar-refractivity contribution < 1.29 is 55.7 Å². The third-order valence-electron chi connectivity index (χ3n) is 3.24. The lowest BCUT2D eigenvalue weighted by atomic mass is 9.96. The molecule has 0 spiro atoms. The maximum Gasteiger partial charge on any atom is 0.471 e. The number of alkyl halides is 4. The second-order valence-corrected chi connectivity index (χ2v) is 5.47. The average molecular weight is 403 g/mol. The molecule has 1 amide bonds. The molecule has 0 aromatic heterocycles. The van der Waals surface area contributed by atoms with Gasteiger partial charge in [0.1, 0.15) is 18.8 Å². The molecule has 0 aromatic rings. The van der Waals surface area contributed by atoms with Gasteiger partial charge in [-0.2, -0.15) is 13.2 Å². The van der Waals surface area contributed by atoms with Crippen LogP contribution in [0, 0.1) is 0 Å². The first-order valence-corrected chi connectivity index (χ1v) is 7.48. The lowest BCUT2D eigenvalue weighted by Crippen LogP contribution is -2.66. The van der Waals surface area contributed by atoms with E-state index in [0.29, 0.717) is 0 Å². The van der Waals surface area contributed by atoms with Gasteiger partial charge in [0.2, 0.25) is 6.36 Å². The van der Waals surface area contributed by atoms with Gasteiger partial charge in [0.15, 0.2) is 12.2 Å². The molecule has 0 aromatic carbocycles. The molecular weight excluding hydrogens is 386 g/mol. The summed E-state index contributed by atoms with van der Waals surface area (Å²) in [6, 6.07) is -2.14. The number of carbonyl (C=O) groups is 4. The normalized spacial score (nSPS) is 28.0. The quantitative estimate of drug-likeness (QED) is 0.392. The number of nitrogens with one attached hydrogen (secondary N) is 1. The Bertz CT molecular complexity index is 596. The van der Waals surface area contributed by atoms with Gasteiger partial charge in [-0.1, -0.05) is 0 Å². The van der Waals surface area contributed by atoms with E-state index in [2.05, 4.69) is 4.74 Å². The van der Waals surface area contributed by atoms with Crippen LogP contribution in [0.15, 0.2) is 0 Å². The van der Waals surface area contributed by atoms with Crippen molar-refractivity contribution in [3.63, 3.8) is 0 Å². The van der Waals surface area contributed by atoms with Crippen molar-refractivity contribution in [2.45, 2.75) is 57.7 Å². The van der Waals surface area contributed by atoms with Gasteiger partial charge in [-0.25, -0.2) is 4.39 Å². The van der Waals surface area contributed by atoms with Gasteiger partial charge in [-0.05, 0) is 0 Å². The van der Waals surface area contributed by atoms with Gasteiger partial charge in [0.25, 0.3) is 0 Å². The highest BCUT2D eigenvalue weighted by Crippen LogP contribution is 2.28. The minimum atomic E-state index is -5.36. The lowest BCUT2D eigenvalue weighted by Gasteiger charge is -2.42. The van der Waals surface area contributed by atoms with Crippen LogP contribution in [0.2, 0.25) is 0 Å². The number of halogens is 4. The molecule has 1 fully saturated rings. The minimum absolute atomic E-state index is 0.647. The van der Waals surface area contributed by atoms with Gasteiger partial charge in [0, 0.05) is 20.8 Å². The Labute approximate surface area is 150 Å². The Morgan fingerprint density at radius 1 is 0.963 bits per heavy atom. The van der Waals surface area contributed by atoms with Crippen LogP contribution in [0.3, 0.4) is 0 Å². The van der Waals surface area contributed by atoms with Crippen molar-refractivity contribution in [3.05, 3.63) is 0 Å². The fourth-order valence-corrected chi connectivity index (χ4v) is 2.28. The SMILES string of the molecule is CC(=O)OC[C@@H]1O[C@H](F)[C@H](NC(=O)C(F)(F)F)[C@H](OC(C)=O)[C@H]1OC(C)=O. The summed E-state index contributed by atoms with van der Waals surface area (Å²) in [5, 5.41) is 1.31. The predicted molar refractivity (Wildman–Crippen MR) is 75.5 cm³/mol. The second-order valence-electron chi connectivity index (χ2n) is 5.47. The lowest BCUT2D eigenvalue weighted by molar-refractivity contribution is -0.247. The molecule has 1 rings (SSSR count). The van der Waals surface area contributed by atoms with Crippen LogP contribution in [-0.4, -0.2) is 67.3 Å². The van der Waals surface area contributed by atoms with E-state index in [9.17, 15) is 36.7 Å². The van der Waals surface area contributed by atoms with E-state index in [1.165, 1.54) is 5.32 Å². The van der Waals surface area contributed by atoms with Gasteiger partial charge >= 0.3 is 30.0 Å². The third kappa shape index (κ3) is 6.66. The Morgan fingerprint density at radius 3 is 1.93 bits per heavy atom. The molecule has 0 aliphatic carbocycles. The molecule has 154 valence electrons. The molecule has 13 heteroatoms. The Kier molecular flexibility index (Phi) is 7.51. The van der Waals surface area contributed by atoms with E-state index in [1.54, 1.807) is 0 Å².